The first-order chi connectivity index (χ1) is 5.72. The van der Waals surface area contributed by atoms with E-state index in [0.717, 1.165) is 0 Å². The first-order valence-corrected chi connectivity index (χ1v) is 6.12. The van der Waals surface area contributed by atoms with Crippen LogP contribution in [0, 0.1) is 0 Å². The Bertz CT molecular complexity index is 266. The molecule has 1 aromatic carbocycles. The lowest BCUT2D eigenvalue weighted by atomic mass is 10.3. The Labute approximate surface area is 74.4 Å². The second-order valence-corrected chi connectivity index (χ2v) is 4.11. The summed E-state index contributed by atoms with van der Waals surface area (Å²) in [4.78, 5) is 10.6. The number of hydrogen-bond donors (Lipinski definition) is 0. The summed E-state index contributed by atoms with van der Waals surface area (Å²) in [6, 6.07) is 7.72. The highest BCUT2D eigenvalue weighted by molar-refractivity contribution is 6.51. The summed E-state index contributed by atoms with van der Waals surface area (Å²) >= 11 is 0. The van der Waals surface area contributed by atoms with Gasteiger partial charge in [-0.25, -0.2) is 0 Å². The molecule has 3 heteroatoms. The van der Waals surface area contributed by atoms with E-state index in [1.807, 2.05) is 24.3 Å². The molecule has 0 saturated carbocycles. The standard InChI is InChI=1S/C9H12O2Si/c1-7(10)11-8-3-5-9(12-2)6-4-8/h3-6H,12H2,1-2H3. The zero-order chi connectivity index (χ0) is 8.97. The van der Waals surface area contributed by atoms with Crippen LogP contribution in [-0.2, 0) is 4.79 Å². The van der Waals surface area contributed by atoms with Crippen molar-refractivity contribution in [3.8, 4) is 5.75 Å². The van der Waals surface area contributed by atoms with Gasteiger partial charge in [0, 0.05) is 6.92 Å². The zero-order valence-corrected chi connectivity index (χ0v) is 8.75. The van der Waals surface area contributed by atoms with Crippen molar-refractivity contribution in [2.75, 3.05) is 0 Å². The Kier molecular flexibility index (Phi) is 3.05. The molecule has 0 N–H and O–H groups in total. The van der Waals surface area contributed by atoms with Gasteiger partial charge in [-0.15, -0.1) is 0 Å². The highest BCUT2D eigenvalue weighted by atomic mass is 28.2. The molecular formula is C9H12O2Si. The maximum absolute atomic E-state index is 10.6. The lowest BCUT2D eigenvalue weighted by Gasteiger charge is -2.01. The molecule has 2 nitrogen and oxygen atoms in total. The number of hydrogen-bond acceptors (Lipinski definition) is 2. The molecule has 0 bridgehead atoms. The van der Waals surface area contributed by atoms with Crippen LogP contribution in [0.2, 0.25) is 6.55 Å². The van der Waals surface area contributed by atoms with Gasteiger partial charge in [0.1, 0.15) is 5.75 Å². The highest BCUT2D eigenvalue weighted by Crippen LogP contribution is 2.06. The molecule has 12 heavy (non-hydrogen) atoms. The van der Waals surface area contributed by atoms with Crippen LogP contribution < -0.4 is 9.92 Å². The SMILES string of the molecule is C[SiH2]c1ccc(OC(C)=O)cc1. The third-order valence-corrected chi connectivity index (χ3v) is 2.88. The lowest BCUT2D eigenvalue weighted by Crippen LogP contribution is -2.09. The van der Waals surface area contributed by atoms with Crippen LogP contribution in [0.4, 0.5) is 0 Å². The first kappa shape index (κ1) is 9.00. The molecule has 0 aromatic heterocycles. The molecule has 0 spiro atoms. The Morgan fingerprint density at radius 3 is 2.33 bits per heavy atom. The third kappa shape index (κ3) is 2.51. The van der Waals surface area contributed by atoms with Gasteiger partial charge in [-0.1, -0.05) is 23.9 Å². The van der Waals surface area contributed by atoms with Crippen molar-refractivity contribution in [2.45, 2.75) is 13.5 Å². The summed E-state index contributed by atoms with van der Waals surface area (Å²) in [6.07, 6.45) is 0. The van der Waals surface area contributed by atoms with E-state index in [-0.39, 0.29) is 15.5 Å². The molecule has 0 aliphatic heterocycles. The second-order valence-electron chi connectivity index (χ2n) is 2.59. The lowest BCUT2D eigenvalue weighted by molar-refractivity contribution is -0.131. The molecule has 1 aromatic rings. The Morgan fingerprint density at radius 1 is 1.33 bits per heavy atom. The number of ether oxygens (including phenoxy) is 1. The molecule has 1 rings (SSSR count). The van der Waals surface area contributed by atoms with Gasteiger partial charge in [0.15, 0.2) is 0 Å². The van der Waals surface area contributed by atoms with Gasteiger partial charge in [-0.2, -0.15) is 0 Å². The maximum atomic E-state index is 10.6. The van der Waals surface area contributed by atoms with Crippen LogP contribution >= 0.6 is 0 Å². The van der Waals surface area contributed by atoms with E-state index in [2.05, 4.69) is 6.55 Å². The number of rotatable bonds is 2. The third-order valence-electron chi connectivity index (χ3n) is 1.59. The molecular weight excluding hydrogens is 168 g/mol. The van der Waals surface area contributed by atoms with E-state index in [4.69, 9.17) is 4.74 Å². The van der Waals surface area contributed by atoms with Crippen molar-refractivity contribution in [1.29, 1.82) is 0 Å². The van der Waals surface area contributed by atoms with E-state index in [1.165, 1.54) is 12.1 Å². The molecule has 64 valence electrons. The molecule has 0 atom stereocenters. The minimum Gasteiger partial charge on any atom is -0.427 e. The van der Waals surface area contributed by atoms with Gasteiger partial charge < -0.3 is 4.74 Å². The van der Waals surface area contributed by atoms with Gasteiger partial charge in [0.25, 0.3) is 0 Å². The van der Waals surface area contributed by atoms with E-state index >= 15 is 0 Å². The van der Waals surface area contributed by atoms with Gasteiger partial charge in [-0.3, -0.25) is 4.79 Å². The molecule has 0 saturated heterocycles. The van der Waals surface area contributed by atoms with E-state index in [9.17, 15) is 4.79 Å². The highest BCUT2D eigenvalue weighted by Gasteiger charge is 1.96. The largest absolute Gasteiger partial charge is 0.427 e. The smallest absolute Gasteiger partial charge is 0.308 e. The van der Waals surface area contributed by atoms with E-state index in [0.29, 0.717) is 5.75 Å². The fourth-order valence-electron chi connectivity index (χ4n) is 0.959. The van der Waals surface area contributed by atoms with Crippen LogP contribution in [0.15, 0.2) is 24.3 Å². The fourth-order valence-corrected chi connectivity index (χ4v) is 1.67. The zero-order valence-electron chi connectivity index (χ0n) is 7.33. The number of carbonyl (C=O) groups excluding carboxylic acids is 1. The summed E-state index contributed by atoms with van der Waals surface area (Å²) in [5.74, 6) is 0.366. The minimum absolute atomic E-state index is 0.0922. The van der Waals surface area contributed by atoms with Crippen LogP contribution in [0.3, 0.4) is 0 Å². The average molecular weight is 180 g/mol. The van der Waals surface area contributed by atoms with Gasteiger partial charge in [0.05, 0.1) is 9.52 Å². The molecule has 0 heterocycles. The topological polar surface area (TPSA) is 26.3 Å². The van der Waals surface area contributed by atoms with Crippen molar-refractivity contribution in [3.63, 3.8) is 0 Å². The van der Waals surface area contributed by atoms with Crippen molar-refractivity contribution >= 4 is 20.7 Å². The predicted molar refractivity (Wildman–Crippen MR) is 51.8 cm³/mol. The summed E-state index contributed by atoms with van der Waals surface area (Å²) in [7, 11) is -0.0922. The molecule has 0 aliphatic carbocycles. The number of esters is 1. The second kappa shape index (κ2) is 4.06. The molecule has 0 unspecified atom stereocenters. The van der Waals surface area contributed by atoms with E-state index < -0.39 is 0 Å². The quantitative estimate of drug-likeness (QED) is 0.375. The first-order valence-electron chi connectivity index (χ1n) is 3.99. The molecule has 0 fully saturated rings. The Hall–Kier alpha value is -1.09. The summed E-state index contributed by atoms with van der Waals surface area (Å²) in [6.45, 7) is 3.63. The van der Waals surface area contributed by atoms with Crippen molar-refractivity contribution in [2.24, 2.45) is 0 Å². The fraction of sp³-hybridized carbons (Fsp3) is 0.222. The minimum atomic E-state index is -0.267. The Morgan fingerprint density at radius 2 is 1.92 bits per heavy atom. The average Bonchev–Trinajstić information content (AvgIpc) is 2.05. The number of carbonyl (C=O) groups is 1. The van der Waals surface area contributed by atoms with Crippen molar-refractivity contribution in [3.05, 3.63) is 24.3 Å². The van der Waals surface area contributed by atoms with E-state index in [1.54, 1.807) is 0 Å². The molecule has 0 amide bonds. The predicted octanol–water partition coefficient (Wildman–Crippen LogP) is 0.454. The van der Waals surface area contributed by atoms with Crippen LogP contribution in [0.1, 0.15) is 6.92 Å². The van der Waals surface area contributed by atoms with Crippen molar-refractivity contribution < 1.29 is 9.53 Å². The van der Waals surface area contributed by atoms with Gasteiger partial charge in [-0.05, 0) is 12.1 Å². The van der Waals surface area contributed by atoms with Crippen LogP contribution in [-0.4, -0.2) is 15.5 Å². The monoisotopic (exact) mass is 180 g/mol. The number of benzene rings is 1. The van der Waals surface area contributed by atoms with Crippen LogP contribution in [0.5, 0.6) is 5.75 Å². The Balaban J connectivity index is 2.71. The summed E-state index contributed by atoms with van der Waals surface area (Å²) < 4.78 is 4.89. The molecule has 0 radical (unpaired) electrons. The summed E-state index contributed by atoms with van der Waals surface area (Å²) in [5, 5.41) is 1.38. The van der Waals surface area contributed by atoms with Crippen molar-refractivity contribution in [1.82, 2.24) is 0 Å². The molecule has 0 aliphatic rings. The van der Waals surface area contributed by atoms with Gasteiger partial charge in [0.2, 0.25) is 0 Å². The van der Waals surface area contributed by atoms with Crippen LogP contribution in [0.25, 0.3) is 0 Å². The normalized spacial score (nSPS) is 10.5. The maximum Gasteiger partial charge on any atom is 0.308 e. The van der Waals surface area contributed by atoms with Gasteiger partial charge >= 0.3 is 5.97 Å². The summed E-state index contributed by atoms with van der Waals surface area (Å²) in [5.41, 5.74) is 0.